The van der Waals surface area contributed by atoms with Crippen molar-refractivity contribution in [2.45, 2.75) is 189 Å². The summed E-state index contributed by atoms with van der Waals surface area (Å²) in [6, 6.07) is 1.46. The van der Waals surface area contributed by atoms with Crippen LogP contribution in [0.4, 0.5) is 0 Å². The van der Waals surface area contributed by atoms with Crippen LogP contribution in [0, 0.1) is 80.8 Å². The lowest BCUT2D eigenvalue weighted by molar-refractivity contribution is -0.0608. The van der Waals surface area contributed by atoms with Crippen molar-refractivity contribution in [3.05, 3.63) is 23.3 Å². The molecule has 0 aromatic heterocycles. The Labute approximate surface area is 316 Å². The minimum absolute atomic E-state index is 0.485. The molecule has 0 bridgehead atoms. The van der Waals surface area contributed by atoms with Crippen molar-refractivity contribution < 1.29 is 0 Å². The van der Waals surface area contributed by atoms with Crippen LogP contribution in [0.25, 0.3) is 0 Å². The summed E-state index contributed by atoms with van der Waals surface area (Å²) in [6.07, 6.45) is 32.8. The van der Waals surface area contributed by atoms with Crippen LogP contribution in [0.5, 0.6) is 0 Å². The zero-order valence-electron chi connectivity index (χ0n) is 34.9. The molecule has 8 aliphatic carbocycles. The molecule has 0 heterocycles. The Morgan fingerprint density at radius 2 is 1.00 bits per heavy atom. The topological polar surface area (TPSA) is 24.1 Å². The highest BCUT2D eigenvalue weighted by Crippen LogP contribution is 2.70. The molecular weight excluding hydrogens is 617 g/mol. The third kappa shape index (κ3) is 6.05. The molecule has 6 saturated carbocycles. The molecule has 8 aliphatic rings. The second-order valence-electron chi connectivity index (χ2n) is 22.0. The average molecular weight is 699 g/mol. The van der Waals surface area contributed by atoms with Crippen molar-refractivity contribution in [2.24, 2.45) is 80.8 Å². The van der Waals surface area contributed by atoms with E-state index in [4.69, 9.17) is 0 Å². The SMILES string of the molecule is CCCN[C@H]1CCC2(C)C(=CCC3C2CCC2(C)C3CCC2[C@H](C)C[C@@H](C)C2CCC3C4CC=C5C[C@@H](NCCC)CCC5(C)C4CCC32C)C1. The van der Waals surface area contributed by atoms with E-state index in [2.05, 4.69) is 78.2 Å². The minimum Gasteiger partial charge on any atom is -0.314 e. The molecule has 0 aliphatic heterocycles. The van der Waals surface area contributed by atoms with Crippen molar-refractivity contribution in [1.82, 2.24) is 10.6 Å². The molecule has 288 valence electrons. The van der Waals surface area contributed by atoms with Crippen LogP contribution in [0.3, 0.4) is 0 Å². The van der Waals surface area contributed by atoms with Crippen LogP contribution >= 0.6 is 0 Å². The zero-order valence-corrected chi connectivity index (χ0v) is 34.9. The summed E-state index contributed by atoms with van der Waals surface area (Å²) >= 11 is 0. The molecule has 0 aromatic rings. The predicted octanol–water partition coefficient (Wildman–Crippen LogP) is 12.5. The molecule has 2 heteroatoms. The third-order valence-electron chi connectivity index (χ3n) is 19.8. The molecule has 51 heavy (non-hydrogen) atoms. The molecule has 2 nitrogen and oxygen atoms in total. The Balaban J connectivity index is 0.912. The summed E-state index contributed by atoms with van der Waals surface area (Å²) in [5.74, 6) is 9.39. The first-order valence-corrected chi connectivity index (χ1v) is 23.3. The minimum atomic E-state index is 0.485. The molecular formula is C49H82N2. The Kier molecular flexibility index (Phi) is 10.4. The lowest BCUT2D eigenvalue weighted by Crippen LogP contribution is -2.52. The van der Waals surface area contributed by atoms with Gasteiger partial charge in [-0.05, 0) is 216 Å². The highest BCUT2D eigenvalue weighted by atomic mass is 14.9. The van der Waals surface area contributed by atoms with Gasteiger partial charge in [0.15, 0.2) is 0 Å². The lowest BCUT2D eigenvalue weighted by atomic mass is 9.46. The summed E-state index contributed by atoms with van der Waals surface area (Å²) < 4.78 is 0. The standard InChI is InChI=1S/C49H82N2/c1-9-27-50-36-19-23-46(5)34(30-36)11-13-38-42-17-15-40(48(42,7)25-21-44(38)46)32(3)29-33(4)41-16-18-43-39-14-12-35-31-37(51-28-10-2)20-24-47(35,6)45(39)22-26-49(41,43)8/h11-12,32-33,36-45,50-51H,9-10,13-31H2,1-8H3/t32-,33-,36+,37+,38?,39?,40?,41?,42?,43?,44?,45?,46?,47?,48?,49?/m1/s1. The summed E-state index contributed by atoms with van der Waals surface area (Å²) in [6.45, 7) is 23.5. The van der Waals surface area contributed by atoms with Gasteiger partial charge in [0, 0.05) is 12.1 Å². The first kappa shape index (κ1) is 37.3. The van der Waals surface area contributed by atoms with E-state index in [1.165, 1.54) is 135 Å². The van der Waals surface area contributed by atoms with Crippen LogP contribution in [0.15, 0.2) is 23.3 Å². The van der Waals surface area contributed by atoms with Gasteiger partial charge >= 0.3 is 0 Å². The molecule has 12 unspecified atom stereocenters. The third-order valence-corrected chi connectivity index (χ3v) is 19.8. The number of allylic oxidation sites excluding steroid dienone is 2. The van der Waals surface area contributed by atoms with Gasteiger partial charge in [-0.3, -0.25) is 0 Å². The van der Waals surface area contributed by atoms with Gasteiger partial charge in [0.05, 0.1) is 0 Å². The van der Waals surface area contributed by atoms with Crippen molar-refractivity contribution in [1.29, 1.82) is 0 Å². The number of fused-ring (bicyclic) bond motifs is 10. The number of hydrogen-bond donors (Lipinski definition) is 2. The van der Waals surface area contributed by atoms with E-state index >= 15 is 0 Å². The van der Waals surface area contributed by atoms with Gasteiger partial charge in [-0.1, -0.05) is 78.7 Å². The lowest BCUT2D eigenvalue weighted by Gasteiger charge is -2.59. The van der Waals surface area contributed by atoms with Gasteiger partial charge in [0.25, 0.3) is 0 Å². The van der Waals surface area contributed by atoms with Crippen molar-refractivity contribution >= 4 is 0 Å². The molecule has 0 radical (unpaired) electrons. The summed E-state index contributed by atoms with van der Waals surface area (Å²) in [7, 11) is 0. The average Bonchev–Trinajstić information content (AvgIpc) is 3.66. The van der Waals surface area contributed by atoms with Gasteiger partial charge in [-0.2, -0.15) is 0 Å². The van der Waals surface area contributed by atoms with E-state index in [9.17, 15) is 0 Å². The van der Waals surface area contributed by atoms with Crippen LogP contribution in [0.1, 0.15) is 177 Å². The summed E-state index contributed by atoms with van der Waals surface area (Å²) in [5, 5.41) is 7.79. The van der Waals surface area contributed by atoms with Gasteiger partial charge in [0.2, 0.25) is 0 Å². The molecule has 8 rings (SSSR count). The van der Waals surface area contributed by atoms with Crippen molar-refractivity contribution in [2.75, 3.05) is 13.1 Å². The van der Waals surface area contributed by atoms with Gasteiger partial charge in [-0.25, -0.2) is 0 Å². The van der Waals surface area contributed by atoms with Gasteiger partial charge in [0.1, 0.15) is 0 Å². The van der Waals surface area contributed by atoms with Crippen LogP contribution < -0.4 is 10.6 Å². The first-order valence-electron chi connectivity index (χ1n) is 23.3. The van der Waals surface area contributed by atoms with Crippen molar-refractivity contribution in [3.8, 4) is 0 Å². The molecule has 2 N–H and O–H groups in total. The van der Waals surface area contributed by atoms with E-state index < -0.39 is 0 Å². The van der Waals surface area contributed by atoms with Gasteiger partial charge in [-0.15, -0.1) is 0 Å². The fourth-order valence-corrected chi connectivity index (χ4v) is 17.2. The largest absolute Gasteiger partial charge is 0.314 e. The van der Waals surface area contributed by atoms with Crippen molar-refractivity contribution in [3.63, 3.8) is 0 Å². The Hall–Kier alpha value is -0.600. The smallest absolute Gasteiger partial charge is 0.0105 e. The monoisotopic (exact) mass is 699 g/mol. The number of hydrogen-bond acceptors (Lipinski definition) is 2. The molecule has 16 atom stereocenters. The second-order valence-corrected chi connectivity index (χ2v) is 22.0. The van der Waals surface area contributed by atoms with E-state index in [1.807, 2.05) is 11.1 Å². The highest BCUT2D eigenvalue weighted by Gasteiger charge is 2.61. The van der Waals surface area contributed by atoms with E-state index in [0.29, 0.717) is 21.7 Å². The van der Waals surface area contributed by atoms with E-state index in [0.717, 1.165) is 71.3 Å². The Bertz CT molecular complexity index is 1210. The maximum absolute atomic E-state index is 3.89. The summed E-state index contributed by atoms with van der Waals surface area (Å²) in [5.41, 5.74) is 5.83. The highest BCUT2D eigenvalue weighted by molar-refractivity contribution is 5.27. The quantitative estimate of drug-likeness (QED) is 0.222. The molecule has 0 spiro atoms. The van der Waals surface area contributed by atoms with Crippen LogP contribution in [0.2, 0.25) is 0 Å². The molecule has 6 fully saturated rings. The fraction of sp³-hybridized carbons (Fsp3) is 0.918. The molecule has 0 saturated heterocycles. The van der Waals surface area contributed by atoms with Crippen LogP contribution in [-0.4, -0.2) is 25.2 Å². The normalized spacial score (nSPS) is 50.0. The second kappa shape index (κ2) is 14.2. The van der Waals surface area contributed by atoms with Gasteiger partial charge < -0.3 is 10.6 Å². The molecule has 0 aromatic carbocycles. The first-order chi connectivity index (χ1) is 24.5. The predicted molar refractivity (Wildman–Crippen MR) is 217 cm³/mol. The Morgan fingerprint density at radius 3 is 1.41 bits per heavy atom. The van der Waals surface area contributed by atoms with E-state index in [-0.39, 0.29) is 0 Å². The maximum atomic E-state index is 3.89. The summed E-state index contributed by atoms with van der Waals surface area (Å²) in [4.78, 5) is 0. The fourth-order valence-electron chi connectivity index (χ4n) is 17.2. The maximum Gasteiger partial charge on any atom is 0.0105 e. The number of nitrogens with one attached hydrogen (secondary N) is 2. The number of rotatable bonds is 10. The van der Waals surface area contributed by atoms with Crippen LogP contribution in [-0.2, 0) is 0 Å². The Morgan fingerprint density at radius 1 is 0.569 bits per heavy atom. The zero-order chi connectivity index (χ0) is 35.8. The van der Waals surface area contributed by atoms with E-state index in [1.54, 1.807) is 0 Å². The molecule has 0 amide bonds.